The van der Waals surface area contributed by atoms with Crippen molar-refractivity contribution in [1.29, 1.82) is 0 Å². The van der Waals surface area contributed by atoms with E-state index in [9.17, 15) is 9.90 Å². The third-order valence-corrected chi connectivity index (χ3v) is 3.46. The smallest absolute Gasteiger partial charge is 0.269 e. The molecule has 0 bridgehead atoms. The van der Waals surface area contributed by atoms with Crippen LogP contribution in [0.2, 0.25) is 5.02 Å². The van der Waals surface area contributed by atoms with E-state index in [-0.39, 0.29) is 18.4 Å². The van der Waals surface area contributed by atoms with Gasteiger partial charge in [0.1, 0.15) is 5.69 Å². The molecule has 0 aliphatic rings. The molecule has 0 aliphatic carbocycles. The molecule has 0 saturated heterocycles. The van der Waals surface area contributed by atoms with Crippen LogP contribution in [-0.4, -0.2) is 28.1 Å². The van der Waals surface area contributed by atoms with Gasteiger partial charge in [-0.3, -0.25) is 4.79 Å². The Hall–Kier alpha value is -1.13. The maximum Gasteiger partial charge on any atom is 0.269 e. The van der Waals surface area contributed by atoms with Gasteiger partial charge in [0.25, 0.3) is 5.91 Å². The maximum absolute atomic E-state index is 11.8. The summed E-state index contributed by atoms with van der Waals surface area (Å²) in [5, 5.41) is 13.3. The van der Waals surface area contributed by atoms with Crippen LogP contribution in [0.1, 0.15) is 37.7 Å². The van der Waals surface area contributed by atoms with Gasteiger partial charge in [-0.15, -0.1) is 0 Å². The second-order valence-corrected chi connectivity index (χ2v) is 5.15. The van der Waals surface area contributed by atoms with Crippen molar-refractivity contribution in [1.82, 2.24) is 10.3 Å². The molecule has 1 rings (SSSR count). The molecular formula is C13H19ClN2O2. The number of aromatic nitrogens is 1. The molecule has 100 valence electrons. The van der Waals surface area contributed by atoms with E-state index in [4.69, 9.17) is 11.6 Å². The van der Waals surface area contributed by atoms with E-state index in [0.29, 0.717) is 10.7 Å². The van der Waals surface area contributed by atoms with Crippen molar-refractivity contribution in [2.24, 2.45) is 5.92 Å². The molecule has 5 heteroatoms. The Labute approximate surface area is 112 Å². The molecule has 2 atom stereocenters. The predicted molar refractivity (Wildman–Crippen MR) is 71.7 cm³/mol. The number of hydrogen-bond acceptors (Lipinski definition) is 3. The summed E-state index contributed by atoms with van der Waals surface area (Å²) >= 11 is 5.69. The summed E-state index contributed by atoms with van der Waals surface area (Å²) in [5.74, 6) is -0.203. The van der Waals surface area contributed by atoms with E-state index < -0.39 is 5.60 Å². The highest BCUT2D eigenvalue weighted by atomic mass is 35.5. The normalized spacial score (nSPS) is 15.8. The monoisotopic (exact) mass is 270 g/mol. The average molecular weight is 271 g/mol. The fraction of sp³-hybridized carbons (Fsp3) is 0.538. The maximum atomic E-state index is 11.8. The lowest BCUT2D eigenvalue weighted by molar-refractivity contribution is 0.00588. The van der Waals surface area contributed by atoms with Gasteiger partial charge in [-0.05, 0) is 25.0 Å². The SMILES string of the molecule is CCC(C)C(C)(O)CNC(=O)c1ccc(Cl)cn1. The van der Waals surface area contributed by atoms with Crippen LogP contribution >= 0.6 is 11.6 Å². The van der Waals surface area contributed by atoms with Gasteiger partial charge in [0.05, 0.1) is 10.6 Å². The van der Waals surface area contributed by atoms with E-state index in [1.807, 2.05) is 13.8 Å². The third kappa shape index (κ3) is 3.96. The van der Waals surface area contributed by atoms with Crippen LogP contribution in [0, 0.1) is 5.92 Å². The molecule has 2 unspecified atom stereocenters. The van der Waals surface area contributed by atoms with Crippen molar-refractivity contribution in [2.45, 2.75) is 32.8 Å². The second kappa shape index (κ2) is 6.16. The van der Waals surface area contributed by atoms with Gasteiger partial charge in [-0.2, -0.15) is 0 Å². The molecule has 0 radical (unpaired) electrons. The van der Waals surface area contributed by atoms with Gasteiger partial charge < -0.3 is 10.4 Å². The summed E-state index contributed by atoms with van der Waals surface area (Å²) < 4.78 is 0. The molecule has 18 heavy (non-hydrogen) atoms. The molecule has 4 nitrogen and oxygen atoms in total. The number of halogens is 1. The minimum Gasteiger partial charge on any atom is -0.388 e. The number of amides is 1. The van der Waals surface area contributed by atoms with E-state index in [1.54, 1.807) is 19.1 Å². The highest BCUT2D eigenvalue weighted by Crippen LogP contribution is 2.18. The van der Waals surface area contributed by atoms with Crippen molar-refractivity contribution in [3.63, 3.8) is 0 Å². The van der Waals surface area contributed by atoms with Gasteiger partial charge in [-0.25, -0.2) is 4.98 Å². The Morgan fingerprint density at radius 1 is 1.61 bits per heavy atom. The molecule has 1 amide bonds. The lowest BCUT2D eigenvalue weighted by Crippen LogP contribution is -2.45. The minimum absolute atomic E-state index is 0.107. The largest absolute Gasteiger partial charge is 0.388 e. The number of nitrogens with one attached hydrogen (secondary N) is 1. The predicted octanol–water partition coefficient (Wildman–Crippen LogP) is 2.26. The molecule has 0 saturated carbocycles. The van der Waals surface area contributed by atoms with Crippen LogP contribution in [-0.2, 0) is 0 Å². The lowest BCUT2D eigenvalue weighted by atomic mass is 9.88. The fourth-order valence-electron chi connectivity index (χ4n) is 1.47. The quantitative estimate of drug-likeness (QED) is 0.863. The number of pyridine rings is 1. The van der Waals surface area contributed by atoms with Crippen LogP contribution in [0.15, 0.2) is 18.3 Å². The van der Waals surface area contributed by atoms with E-state index >= 15 is 0 Å². The number of carbonyl (C=O) groups excluding carboxylic acids is 1. The molecule has 0 fully saturated rings. The van der Waals surface area contributed by atoms with Crippen molar-refractivity contribution in [3.8, 4) is 0 Å². The number of aliphatic hydroxyl groups is 1. The third-order valence-electron chi connectivity index (χ3n) is 3.24. The Morgan fingerprint density at radius 3 is 2.78 bits per heavy atom. The first-order valence-corrected chi connectivity index (χ1v) is 6.36. The minimum atomic E-state index is -0.920. The Bertz CT molecular complexity index is 404. The summed E-state index contributed by atoms with van der Waals surface area (Å²) in [6, 6.07) is 3.16. The first kappa shape index (κ1) is 14.9. The van der Waals surface area contributed by atoms with Gasteiger partial charge >= 0.3 is 0 Å². The standard InChI is InChI=1S/C13H19ClN2O2/c1-4-9(2)13(3,18)8-16-12(17)11-6-5-10(14)7-15-11/h5-7,9,18H,4,8H2,1-3H3,(H,16,17). The van der Waals surface area contributed by atoms with Crippen molar-refractivity contribution >= 4 is 17.5 Å². The first-order valence-electron chi connectivity index (χ1n) is 5.99. The molecule has 1 heterocycles. The van der Waals surface area contributed by atoms with Crippen LogP contribution in [0.3, 0.4) is 0 Å². The summed E-state index contributed by atoms with van der Waals surface area (Å²) in [6.45, 7) is 5.87. The lowest BCUT2D eigenvalue weighted by Gasteiger charge is -2.29. The summed E-state index contributed by atoms with van der Waals surface area (Å²) in [7, 11) is 0. The highest BCUT2D eigenvalue weighted by Gasteiger charge is 2.27. The summed E-state index contributed by atoms with van der Waals surface area (Å²) in [5.41, 5.74) is -0.629. The van der Waals surface area contributed by atoms with Crippen molar-refractivity contribution < 1.29 is 9.90 Å². The molecule has 1 aromatic heterocycles. The van der Waals surface area contributed by atoms with Crippen molar-refractivity contribution in [3.05, 3.63) is 29.0 Å². The Balaban J connectivity index is 2.58. The van der Waals surface area contributed by atoms with Gasteiger partial charge in [0.2, 0.25) is 0 Å². The number of nitrogens with zero attached hydrogens (tertiary/aromatic N) is 1. The van der Waals surface area contributed by atoms with Crippen LogP contribution in [0.5, 0.6) is 0 Å². The average Bonchev–Trinajstić information content (AvgIpc) is 2.35. The Kier molecular flexibility index (Phi) is 5.11. The number of hydrogen-bond donors (Lipinski definition) is 2. The van der Waals surface area contributed by atoms with Crippen molar-refractivity contribution in [2.75, 3.05) is 6.54 Å². The van der Waals surface area contributed by atoms with E-state index in [1.165, 1.54) is 6.20 Å². The fourth-order valence-corrected chi connectivity index (χ4v) is 1.59. The van der Waals surface area contributed by atoms with Crippen LogP contribution in [0.4, 0.5) is 0 Å². The zero-order chi connectivity index (χ0) is 13.8. The van der Waals surface area contributed by atoms with Gasteiger partial charge in [0, 0.05) is 12.7 Å². The number of rotatable bonds is 5. The molecular weight excluding hydrogens is 252 g/mol. The van der Waals surface area contributed by atoms with Crippen LogP contribution in [0.25, 0.3) is 0 Å². The summed E-state index contributed by atoms with van der Waals surface area (Å²) in [4.78, 5) is 15.7. The first-order chi connectivity index (χ1) is 8.36. The molecule has 1 aromatic rings. The summed E-state index contributed by atoms with van der Waals surface area (Å²) in [6.07, 6.45) is 2.27. The molecule has 0 aliphatic heterocycles. The van der Waals surface area contributed by atoms with Gasteiger partial charge in [0.15, 0.2) is 0 Å². The van der Waals surface area contributed by atoms with E-state index in [0.717, 1.165) is 6.42 Å². The number of carbonyl (C=O) groups is 1. The highest BCUT2D eigenvalue weighted by molar-refractivity contribution is 6.30. The zero-order valence-corrected chi connectivity index (χ0v) is 11.7. The van der Waals surface area contributed by atoms with E-state index in [2.05, 4.69) is 10.3 Å². The second-order valence-electron chi connectivity index (χ2n) is 4.71. The molecule has 2 N–H and O–H groups in total. The molecule has 0 aromatic carbocycles. The Morgan fingerprint density at radius 2 is 2.28 bits per heavy atom. The van der Waals surface area contributed by atoms with Gasteiger partial charge in [-0.1, -0.05) is 31.9 Å². The van der Waals surface area contributed by atoms with Crippen LogP contribution < -0.4 is 5.32 Å². The molecule has 0 spiro atoms. The topological polar surface area (TPSA) is 62.2 Å². The zero-order valence-electron chi connectivity index (χ0n) is 10.9.